The zero-order valence-corrected chi connectivity index (χ0v) is 20.0. The molecule has 1 heterocycles. The number of carbonyl (C=O) groups is 2. The fourth-order valence-electron chi connectivity index (χ4n) is 3.76. The van der Waals surface area contributed by atoms with E-state index in [1.807, 2.05) is 44.2 Å². The lowest BCUT2D eigenvalue weighted by Gasteiger charge is -2.19. The SMILES string of the molecule is CCN(CC)C(=O)Cc1nn(CC(=O)Nc2ccc(C(C)(C)C)cc2)c(=O)c2ccccc12. The molecule has 7 nitrogen and oxygen atoms in total. The molecule has 0 aliphatic carbocycles. The van der Waals surface area contributed by atoms with Crippen LogP contribution < -0.4 is 10.9 Å². The van der Waals surface area contributed by atoms with Crippen molar-refractivity contribution in [3.05, 3.63) is 70.1 Å². The molecule has 1 aromatic heterocycles. The molecule has 0 spiro atoms. The first kappa shape index (κ1) is 24.2. The van der Waals surface area contributed by atoms with Crippen molar-refractivity contribution in [2.45, 2.75) is 53.0 Å². The lowest BCUT2D eigenvalue weighted by Crippen LogP contribution is -2.34. The van der Waals surface area contributed by atoms with E-state index in [4.69, 9.17) is 0 Å². The number of anilines is 1. The number of likely N-dealkylation sites (N-methyl/N-ethyl adjacent to an activating group) is 1. The average molecular weight is 449 g/mol. The summed E-state index contributed by atoms with van der Waals surface area (Å²) in [6, 6.07) is 14.7. The van der Waals surface area contributed by atoms with Gasteiger partial charge in [0.2, 0.25) is 11.8 Å². The third kappa shape index (κ3) is 5.66. The van der Waals surface area contributed by atoms with Crippen LogP contribution in [0.25, 0.3) is 10.8 Å². The number of amides is 2. The Balaban J connectivity index is 1.86. The van der Waals surface area contributed by atoms with E-state index in [2.05, 4.69) is 31.2 Å². The monoisotopic (exact) mass is 448 g/mol. The van der Waals surface area contributed by atoms with Crippen molar-refractivity contribution in [1.29, 1.82) is 0 Å². The van der Waals surface area contributed by atoms with Gasteiger partial charge >= 0.3 is 0 Å². The van der Waals surface area contributed by atoms with Crippen LogP contribution in [-0.2, 0) is 28.0 Å². The Morgan fingerprint density at radius 1 is 0.970 bits per heavy atom. The van der Waals surface area contributed by atoms with Gasteiger partial charge in [0.1, 0.15) is 6.54 Å². The molecule has 0 bridgehead atoms. The highest BCUT2D eigenvalue weighted by atomic mass is 16.2. The second-order valence-electron chi connectivity index (χ2n) is 9.07. The number of hydrogen-bond acceptors (Lipinski definition) is 4. The van der Waals surface area contributed by atoms with Crippen LogP contribution in [0.2, 0.25) is 0 Å². The highest BCUT2D eigenvalue weighted by Gasteiger charge is 2.18. The van der Waals surface area contributed by atoms with Crippen LogP contribution in [0.3, 0.4) is 0 Å². The van der Waals surface area contributed by atoms with Crippen molar-refractivity contribution in [3.63, 3.8) is 0 Å². The molecular weight excluding hydrogens is 416 g/mol. The van der Waals surface area contributed by atoms with Gasteiger partial charge in [0, 0.05) is 24.2 Å². The van der Waals surface area contributed by atoms with E-state index >= 15 is 0 Å². The number of rotatable bonds is 7. The normalized spacial score (nSPS) is 11.4. The van der Waals surface area contributed by atoms with Gasteiger partial charge in [-0.3, -0.25) is 14.4 Å². The molecule has 0 fully saturated rings. The van der Waals surface area contributed by atoms with Crippen molar-refractivity contribution < 1.29 is 9.59 Å². The molecule has 3 aromatic rings. The van der Waals surface area contributed by atoms with Crippen molar-refractivity contribution in [3.8, 4) is 0 Å². The molecule has 7 heteroatoms. The van der Waals surface area contributed by atoms with E-state index in [9.17, 15) is 14.4 Å². The number of hydrogen-bond donors (Lipinski definition) is 1. The van der Waals surface area contributed by atoms with Gasteiger partial charge in [-0.05, 0) is 43.0 Å². The molecule has 3 rings (SSSR count). The summed E-state index contributed by atoms with van der Waals surface area (Å²) in [5.74, 6) is -0.421. The van der Waals surface area contributed by atoms with Crippen LogP contribution in [0.15, 0.2) is 53.3 Å². The maximum atomic E-state index is 13.0. The van der Waals surface area contributed by atoms with Crippen LogP contribution >= 0.6 is 0 Å². The van der Waals surface area contributed by atoms with E-state index < -0.39 is 0 Å². The van der Waals surface area contributed by atoms with Gasteiger partial charge in [0.05, 0.1) is 17.5 Å². The Kier molecular flexibility index (Phi) is 7.31. The van der Waals surface area contributed by atoms with E-state index in [1.54, 1.807) is 23.1 Å². The van der Waals surface area contributed by atoms with Crippen LogP contribution in [0, 0.1) is 0 Å². The smallest absolute Gasteiger partial charge is 0.275 e. The first-order chi connectivity index (χ1) is 15.6. The molecule has 0 unspecified atom stereocenters. The van der Waals surface area contributed by atoms with Crippen molar-refractivity contribution in [2.24, 2.45) is 0 Å². The number of nitrogens with one attached hydrogen (secondary N) is 1. The summed E-state index contributed by atoms with van der Waals surface area (Å²) in [6.45, 7) is 11.2. The lowest BCUT2D eigenvalue weighted by atomic mass is 9.87. The third-order valence-corrected chi connectivity index (χ3v) is 5.71. The Bertz CT molecular complexity index is 1200. The Morgan fingerprint density at radius 2 is 1.58 bits per heavy atom. The molecule has 1 N–H and O–H groups in total. The minimum absolute atomic E-state index is 0.0177. The average Bonchev–Trinajstić information content (AvgIpc) is 2.77. The van der Waals surface area contributed by atoms with E-state index in [1.165, 1.54) is 0 Å². The summed E-state index contributed by atoms with van der Waals surface area (Å²) in [7, 11) is 0. The van der Waals surface area contributed by atoms with Gasteiger partial charge in [0.25, 0.3) is 5.56 Å². The summed E-state index contributed by atoms with van der Waals surface area (Å²) in [5.41, 5.74) is 1.96. The fraction of sp³-hybridized carbons (Fsp3) is 0.385. The molecule has 0 saturated carbocycles. The molecule has 2 amide bonds. The molecule has 174 valence electrons. The maximum absolute atomic E-state index is 13.0. The molecule has 0 aliphatic heterocycles. The molecule has 33 heavy (non-hydrogen) atoms. The third-order valence-electron chi connectivity index (χ3n) is 5.71. The Morgan fingerprint density at radius 3 is 2.15 bits per heavy atom. The van der Waals surface area contributed by atoms with Gasteiger partial charge in [-0.25, -0.2) is 4.68 Å². The minimum Gasteiger partial charge on any atom is -0.343 e. The van der Waals surface area contributed by atoms with Crippen LogP contribution in [0.5, 0.6) is 0 Å². The van der Waals surface area contributed by atoms with E-state index in [0.29, 0.717) is 35.2 Å². The minimum atomic E-state index is -0.358. The lowest BCUT2D eigenvalue weighted by molar-refractivity contribution is -0.130. The number of nitrogens with zero attached hydrogens (tertiary/aromatic N) is 3. The Hall–Kier alpha value is -3.48. The Labute approximate surface area is 194 Å². The van der Waals surface area contributed by atoms with Crippen molar-refractivity contribution in [1.82, 2.24) is 14.7 Å². The zero-order chi connectivity index (χ0) is 24.2. The van der Waals surface area contributed by atoms with Gasteiger partial charge in [-0.2, -0.15) is 5.10 Å². The topological polar surface area (TPSA) is 84.3 Å². The van der Waals surface area contributed by atoms with Gasteiger partial charge in [-0.1, -0.05) is 51.1 Å². The first-order valence-corrected chi connectivity index (χ1v) is 11.3. The maximum Gasteiger partial charge on any atom is 0.275 e. The summed E-state index contributed by atoms with van der Waals surface area (Å²) in [4.78, 5) is 40.1. The standard InChI is InChI=1S/C26H32N4O3/c1-6-29(7-2)24(32)16-22-20-10-8-9-11-21(20)25(33)30(28-22)17-23(31)27-19-14-12-18(13-15-19)26(3,4)5/h8-15H,6-7,16-17H2,1-5H3,(H,27,31). The number of benzene rings is 2. The van der Waals surface area contributed by atoms with Crippen LogP contribution in [-0.4, -0.2) is 39.6 Å². The van der Waals surface area contributed by atoms with Gasteiger partial charge in [-0.15, -0.1) is 0 Å². The molecule has 0 atom stereocenters. The second kappa shape index (κ2) is 9.98. The quantitative estimate of drug-likeness (QED) is 0.597. The highest BCUT2D eigenvalue weighted by Crippen LogP contribution is 2.23. The van der Waals surface area contributed by atoms with E-state index in [0.717, 1.165) is 10.2 Å². The molecular formula is C26H32N4O3. The summed E-state index contributed by atoms with van der Waals surface area (Å²) < 4.78 is 1.14. The van der Waals surface area contributed by atoms with Crippen LogP contribution in [0.1, 0.15) is 45.9 Å². The van der Waals surface area contributed by atoms with Crippen molar-refractivity contribution >= 4 is 28.3 Å². The molecule has 0 aliphatic rings. The first-order valence-electron chi connectivity index (χ1n) is 11.3. The second-order valence-corrected chi connectivity index (χ2v) is 9.07. The van der Waals surface area contributed by atoms with Crippen LogP contribution in [0.4, 0.5) is 5.69 Å². The van der Waals surface area contributed by atoms with Crippen molar-refractivity contribution in [2.75, 3.05) is 18.4 Å². The number of aromatic nitrogens is 2. The molecule has 0 radical (unpaired) electrons. The number of carbonyl (C=O) groups excluding carboxylic acids is 2. The molecule has 2 aromatic carbocycles. The highest BCUT2D eigenvalue weighted by molar-refractivity contribution is 5.91. The number of fused-ring (bicyclic) bond motifs is 1. The molecule has 0 saturated heterocycles. The summed E-state index contributed by atoms with van der Waals surface area (Å²) >= 11 is 0. The summed E-state index contributed by atoms with van der Waals surface area (Å²) in [5, 5.41) is 8.32. The zero-order valence-electron chi connectivity index (χ0n) is 20.0. The van der Waals surface area contributed by atoms with Gasteiger partial charge < -0.3 is 10.2 Å². The predicted molar refractivity (Wildman–Crippen MR) is 131 cm³/mol. The largest absolute Gasteiger partial charge is 0.343 e. The fourth-order valence-corrected chi connectivity index (χ4v) is 3.76. The van der Waals surface area contributed by atoms with E-state index in [-0.39, 0.29) is 35.8 Å². The summed E-state index contributed by atoms with van der Waals surface area (Å²) in [6.07, 6.45) is 0.0678. The van der Waals surface area contributed by atoms with Gasteiger partial charge in [0.15, 0.2) is 0 Å². The predicted octanol–water partition coefficient (Wildman–Crippen LogP) is 3.74.